The summed E-state index contributed by atoms with van der Waals surface area (Å²) in [5.74, 6) is -0.663. The smallest absolute Gasteiger partial charge is 0.411 e. The zero-order valence-electron chi connectivity index (χ0n) is 10.6. The van der Waals surface area contributed by atoms with Gasteiger partial charge in [-0.2, -0.15) is 22.0 Å². The molecule has 0 heterocycles. The third-order valence-corrected chi connectivity index (χ3v) is 2.14. The van der Waals surface area contributed by atoms with Crippen LogP contribution in [0.5, 0.6) is 5.75 Å². The maximum atomic E-state index is 11.9. The number of hydrogen-bond donors (Lipinski definition) is 1. The Morgan fingerprint density at radius 1 is 1.19 bits per heavy atom. The number of halogens is 5. The fourth-order valence-electron chi connectivity index (χ4n) is 1.31. The Morgan fingerprint density at radius 2 is 1.81 bits per heavy atom. The van der Waals surface area contributed by atoms with Crippen LogP contribution in [0.2, 0.25) is 0 Å². The van der Waals surface area contributed by atoms with Gasteiger partial charge in [0.05, 0.1) is 6.61 Å². The summed E-state index contributed by atoms with van der Waals surface area (Å²) < 4.78 is 67.5. The van der Waals surface area contributed by atoms with E-state index < -0.39 is 25.3 Å². The molecular formula is C12H12F5NO3. The molecule has 1 N–H and O–H groups in total. The maximum Gasteiger partial charge on any atom is 0.411 e. The number of alkyl halides is 5. The highest BCUT2D eigenvalue weighted by molar-refractivity contribution is 5.94. The molecule has 0 aromatic heterocycles. The largest absolute Gasteiger partial charge is 0.435 e. The first-order valence-electron chi connectivity index (χ1n) is 5.75. The van der Waals surface area contributed by atoms with Crippen molar-refractivity contribution < 1.29 is 36.2 Å². The van der Waals surface area contributed by atoms with Gasteiger partial charge in [-0.05, 0) is 24.3 Å². The molecule has 21 heavy (non-hydrogen) atoms. The van der Waals surface area contributed by atoms with E-state index in [0.717, 1.165) is 0 Å². The van der Waals surface area contributed by atoms with Crippen LogP contribution in [-0.4, -0.2) is 38.5 Å². The fourth-order valence-corrected chi connectivity index (χ4v) is 1.31. The quantitative estimate of drug-likeness (QED) is 0.622. The number of amides is 1. The Kier molecular flexibility index (Phi) is 6.35. The molecule has 0 aliphatic rings. The molecule has 4 nitrogen and oxygen atoms in total. The lowest BCUT2D eigenvalue weighted by Crippen LogP contribution is -2.28. The molecule has 9 heteroatoms. The van der Waals surface area contributed by atoms with E-state index in [1.807, 2.05) is 0 Å². The van der Waals surface area contributed by atoms with Crippen molar-refractivity contribution >= 4 is 5.91 Å². The van der Waals surface area contributed by atoms with Gasteiger partial charge in [0.1, 0.15) is 12.4 Å². The van der Waals surface area contributed by atoms with Gasteiger partial charge in [-0.1, -0.05) is 0 Å². The van der Waals surface area contributed by atoms with Gasteiger partial charge in [0.25, 0.3) is 5.91 Å². The summed E-state index contributed by atoms with van der Waals surface area (Å²) in [5.41, 5.74) is 0.160. The Labute approximate surface area is 116 Å². The van der Waals surface area contributed by atoms with Gasteiger partial charge in [0.15, 0.2) is 0 Å². The van der Waals surface area contributed by atoms with E-state index in [9.17, 15) is 26.7 Å². The van der Waals surface area contributed by atoms with E-state index >= 15 is 0 Å². The summed E-state index contributed by atoms with van der Waals surface area (Å²) in [7, 11) is 0. The molecule has 118 valence electrons. The molecule has 0 aliphatic heterocycles. The number of carbonyl (C=O) groups excluding carboxylic acids is 1. The minimum atomic E-state index is -4.41. The molecule has 0 saturated heterocycles. The van der Waals surface area contributed by atoms with Crippen LogP contribution in [0.4, 0.5) is 22.0 Å². The first-order chi connectivity index (χ1) is 9.78. The van der Waals surface area contributed by atoms with Crippen LogP contribution < -0.4 is 10.1 Å². The maximum absolute atomic E-state index is 11.9. The second kappa shape index (κ2) is 7.77. The van der Waals surface area contributed by atoms with E-state index in [0.29, 0.717) is 0 Å². The van der Waals surface area contributed by atoms with Gasteiger partial charge >= 0.3 is 12.8 Å². The highest BCUT2D eigenvalue weighted by Crippen LogP contribution is 2.15. The summed E-state index contributed by atoms with van der Waals surface area (Å²) in [4.78, 5) is 11.6. The highest BCUT2D eigenvalue weighted by Gasteiger charge is 2.27. The van der Waals surface area contributed by atoms with Crippen LogP contribution >= 0.6 is 0 Å². The van der Waals surface area contributed by atoms with Crippen LogP contribution in [0.25, 0.3) is 0 Å². The summed E-state index contributed by atoms with van der Waals surface area (Å²) in [6.07, 6.45) is -4.41. The van der Waals surface area contributed by atoms with E-state index in [-0.39, 0.29) is 24.5 Å². The summed E-state index contributed by atoms with van der Waals surface area (Å²) >= 11 is 0. The third kappa shape index (κ3) is 7.45. The van der Waals surface area contributed by atoms with E-state index in [1.165, 1.54) is 24.3 Å². The van der Waals surface area contributed by atoms with Gasteiger partial charge in [-0.3, -0.25) is 4.79 Å². The molecule has 1 aromatic carbocycles. The van der Waals surface area contributed by atoms with Gasteiger partial charge in [-0.15, -0.1) is 0 Å². The Bertz CT molecular complexity index is 447. The van der Waals surface area contributed by atoms with Crippen molar-refractivity contribution in [3.8, 4) is 5.75 Å². The number of hydrogen-bond acceptors (Lipinski definition) is 3. The number of benzene rings is 1. The van der Waals surface area contributed by atoms with Crippen molar-refractivity contribution in [1.82, 2.24) is 5.32 Å². The normalized spacial score (nSPS) is 11.5. The van der Waals surface area contributed by atoms with Gasteiger partial charge in [0, 0.05) is 12.1 Å². The molecule has 1 amide bonds. The summed E-state index contributed by atoms with van der Waals surface area (Å²) in [5, 5.41) is 2.33. The Balaban J connectivity index is 2.32. The standard InChI is InChI=1S/C12H12F5NO3/c13-11(14)21-9-3-1-8(2-4-9)10(19)18-5-6-20-7-12(15,16)17/h1-4,11H,5-7H2,(H,18,19). The first-order valence-corrected chi connectivity index (χ1v) is 5.75. The van der Waals surface area contributed by atoms with E-state index in [2.05, 4.69) is 14.8 Å². The Morgan fingerprint density at radius 3 is 2.33 bits per heavy atom. The molecule has 0 saturated carbocycles. The Hall–Kier alpha value is -1.90. The SMILES string of the molecule is O=C(NCCOCC(F)(F)F)c1ccc(OC(F)F)cc1. The number of carbonyl (C=O) groups is 1. The van der Waals surface area contributed by atoms with Gasteiger partial charge < -0.3 is 14.8 Å². The molecule has 0 bridgehead atoms. The third-order valence-electron chi connectivity index (χ3n) is 2.14. The van der Waals surface area contributed by atoms with E-state index in [4.69, 9.17) is 0 Å². The topological polar surface area (TPSA) is 47.6 Å². The molecule has 1 aromatic rings. The number of nitrogens with one attached hydrogen (secondary N) is 1. The molecule has 0 radical (unpaired) electrons. The average molecular weight is 313 g/mol. The van der Waals surface area contributed by atoms with Gasteiger partial charge in [-0.25, -0.2) is 0 Å². The predicted octanol–water partition coefficient (Wildman–Crippen LogP) is 2.60. The van der Waals surface area contributed by atoms with Crippen LogP contribution in [0.15, 0.2) is 24.3 Å². The van der Waals surface area contributed by atoms with Crippen molar-refractivity contribution in [2.75, 3.05) is 19.8 Å². The summed E-state index contributed by atoms with van der Waals surface area (Å²) in [6, 6.07) is 4.87. The predicted molar refractivity (Wildman–Crippen MR) is 62.3 cm³/mol. The van der Waals surface area contributed by atoms with Crippen molar-refractivity contribution in [3.05, 3.63) is 29.8 Å². The highest BCUT2D eigenvalue weighted by atomic mass is 19.4. The minimum absolute atomic E-state index is 0.102. The molecular weight excluding hydrogens is 301 g/mol. The van der Waals surface area contributed by atoms with Crippen LogP contribution in [0.3, 0.4) is 0 Å². The zero-order valence-corrected chi connectivity index (χ0v) is 10.6. The monoisotopic (exact) mass is 313 g/mol. The van der Waals surface area contributed by atoms with Crippen molar-refractivity contribution in [2.24, 2.45) is 0 Å². The lowest BCUT2D eigenvalue weighted by molar-refractivity contribution is -0.173. The van der Waals surface area contributed by atoms with Crippen molar-refractivity contribution in [1.29, 1.82) is 0 Å². The van der Waals surface area contributed by atoms with Crippen LogP contribution in [-0.2, 0) is 4.74 Å². The van der Waals surface area contributed by atoms with Gasteiger partial charge in [0.2, 0.25) is 0 Å². The lowest BCUT2D eigenvalue weighted by atomic mass is 10.2. The fraction of sp³-hybridized carbons (Fsp3) is 0.417. The summed E-state index contributed by atoms with van der Waals surface area (Å²) in [6.45, 7) is -4.75. The van der Waals surface area contributed by atoms with Crippen LogP contribution in [0, 0.1) is 0 Å². The molecule has 0 spiro atoms. The van der Waals surface area contributed by atoms with Crippen molar-refractivity contribution in [2.45, 2.75) is 12.8 Å². The molecule has 0 fully saturated rings. The average Bonchev–Trinajstić information content (AvgIpc) is 2.37. The minimum Gasteiger partial charge on any atom is -0.435 e. The van der Waals surface area contributed by atoms with Crippen LogP contribution in [0.1, 0.15) is 10.4 Å². The zero-order chi connectivity index (χ0) is 15.9. The second-order valence-corrected chi connectivity index (χ2v) is 3.83. The van der Waals surface area contributed by atoms with Crippen molar-refractivity contribution in [3.63, 3.8) is 0 Å². The number of ether oxygens (including phenoxy) is 2. The second-order valence-electron chi connectivity index (χ2n) is 3.83. The molecule has 0 unspecified atom stereocenters. The van der Waals surface area contributed by atoms with E-state index in [1.54, 1.807) is 0 Å². The number of rotatable bonds is 7. The molecule has 1 rings (SSSR count). The first kappa shape index (κ1) is 17.2. The molecule has 0 atom stereocenters. The lowest BCUT2D eigenvalue weighted by Gasteiger charge is -2.09. The molecule has 0 aliphatic carbocycles.